The van der Waals surface area contributed by atoms with Gasteiger partial charge in [0.25, 0.3) is 0 Å². The number of nitrogens with one attached hydrogen (secondary N) is 2. The van der Waals surface area contributed by atoms with E-state index in [0.717, 1.165) is 29.7 Å². The van der Waals surface area contributed by atoms with Gasteiger partial charge >= 0.3 is 6.03 Å². The Morgan fingerprint density at radius 2 is 1.94 bits per heavy atom. The van der Waals surface area contributed by atoms with Gasteiger partial charge in [0, 0.05) is 25.9 Å². The van der Waals surface area contributed by atoms with E-state index in [9.17, 15) is 9.59 Å². The Bertz CT molecular complexity index is 981. The summed E-state index contributed by atoms with van der Waals surface area (Å²) in [7, 11) is 3.21. The molecule has 0 aromatic heterocycles. The average molecular weight is 470 g/mol. The van der Waals surface area contributed by atoms with Crippen LogP contribution in [0.25, 0.3) is 0 Å². The number of anilines is 1. The molecule has 2 aromatic carbocycles. The number of hydrogen-bond donors (Lipinski definition) is 2. The van der Waals surface area contributed by atoms with Crippen molar-refractivity contribution < 1.29 is 23.8 Å². The van der Waals surface area contributed by atoms with Gasteiger partial charge in [-0.1, -0.05) is 18.2 Å². The van der Waals surface area contributed by atoms with Crippen molar-refractivity contribution in [2.75, 3.05) is 45.8 Å². The second-order valence-electron chi connectivity index (χ2n) is 8.57. The highest BCUT2D eigenvalue weighted by Gasteiger charge is 2.29. The average Bonchev–Trinajstić information content (AvgIpc) is 2.84. The van der Waals surface area contributed by atoms with Crippen molar-refractivity contribution in [1.82, 2.24) is 10.2 Å². The van der Waals surface area contributed by atoms with Crippen LogP contribution in [0.5, 0.6) is 11.5 Å². The zero-order chi connectivity index (χ0) is 24.5. The van der Waals surface area contributed by atoms with Crippen LogP contribution in [0.2, 0.25) is 0 Å². The summed E-state index contributed by atoms with van der Waals surface area (Å²) in [6, 6.07) is 12.9. The Morgan fingerprint density at radius 1 is 1.12 bits per heavy atom. The van der Waals surface area contributed by atoms with Crippen LogP contribution in [0.4, 0.5) is 10.5 Å². The third-order valence-electron chi connectivity index (χ3n) is 5.94. The van der Waals surface area contributed by atoms with Gasteiger partial charge in [0.15, 0.2) is 11.5 Å². The number of benzene rings is 2. The van der Waals surface area contributed by atoms with E-state index in [-0.39, 0.29) is 23.9 Å². The zero-order valence-electron chi connectivity index (χ0n) is 20.4. The molecule has 2 aromatic rings. The number of hydrogen-bond acceptors (Lipinski definition) is 5. The highest BCUT2D eigenvalue weighted by atomic mass is 16.5. The van der Waals surface area contributed by atoms with E-state index < -0.39 is 0 Å². The van der Waals surface area contributed by atoms with Crippen LogP contribution in [-0.4, -0.2) is 57.4 Å². The Balaban J connectivity index is 1.57. The third kappa shape index (κ3) is 6.87. The molecule has 2 atom stereocenters. The van der Waals surface area contributed by atoms with Gasteiger partial charge in [-0.2, -0.15) is 0 Å². The Hall–Kier alpha value is -3.26. The fourth-order valence-electron chi connectivity index (χ4n) is 4.02. The summed E-state index contributed by atoms with van der Waals surface area (Å²) in [6.45, 7) is 5.86. The number of likely N-dealkylation sites (tertiary alicyclic amines) is 1. The molecule has 3 amide bonds. The maximum absolute atomic E-state index is 13.0. The van der Waals surface area contributed by atoms with Crippen LogP contribution in [0.3, 0.4) is 0 Å². The SMILES string of the molecule is COCCOc1ccc(C(C)NC(=O)C2CCCN(C(=O)Nc3cccc(C)c3)C2)cc1OC. The van der Waals surface area contributed by atoms with Crippen molar-refractivity contribution in [3.63, 3.8) is 0 Å². The number of nitrogens with zero attached hydrogens (tertiary/aromatic N) is 1. The smallest absolute Gasteiger partial charge is 0.321 e. The fourth-order valence-corrected chi connectivity index (χ4v) is 4.02. The first-order valence-electron chi connectivity index (χ1n) is 11.6. The number of ether oxygens (including phenoxy) is 3. The largest absolute Gasteiger partial charge is 0.493 e. The second kappa shape index (κ2) is 12.3. The van der Waals surface area contributed by atoms with Crippen molar-refractivity contribution in [3.05, 3.63) is 53.6 Å². The third-order valence-corrected chi connectivity index (χ3v) is 5.94. The van der Waals surface area contributed by atoms with Crippen molar-refractivity contribution in [2.45, 2.75) is 32.7 Å². The minimum atomic E-state index is -0.252. The molecule has 0 saturated carbocycles. The molecule has 1 fully saturated rings. The quantitative estimate of drug-likeness (QED) is 0.539. The molecule has 8 nitrogen and oxygen atoms in total. The number of amides is 3. The monoisotopic (exact) mass is 469 g/mol. The van der Waals surface area contributed by atoms with Gasteiger partial charge in [0.05, 0.1) is 25.7 Å². The van der Waals surface area contributed by atoms with Crippen LogP contribution in [0.15, 0.2) is 42.5 Å². The lowest BCUT2D eigenvalue weighted by molar-refractivity contribution is -0.126. The highest BCUT2D eigenvalue weighted by molar-refractivity contribution is 5.90. The minimum absolute atomic E-state index is 0.0556. The van der Waals surface area contributed by atoms with E-state index in [1.165, 1.54) is 0 Å². The lowest BCUT2D eigenvalue weighted by Gasteiger charge is -2.32. The second-order valence-corrected chi connectivity index (χ2v) is 8.57. The normalized spacial score (nSPS) is 16.5. The first-order valence-corrected chi connectivity index (χ1v) is 11.6. The molecule has 34 heavy (non-hydrogen) atoms. The van der Waals surface area contributed by atoms with Gasteiger partial charge in [0.1, 0.15) is 6.61 Å². The van der Waals surface area contributed by atoms with Gasteiger partial charge in [-0.25, -0.2) is 4.79 Å². The Kier molecular flexibility index (Phi) is 9.16. The number of rotatable bonds is 9. The Labute approximate surface area is 201 Å². The summed E-state index contributed by atoms with van der Waals surface area (Å²) >= 11 is 0. The molecular formula is C26H35N3O5. The van der Waals surface area contributed by atoms with E-state index >= 15 is 0 Å². The molecule has 1 aliphatic heterocycles. The van der Waals surface area contributed by atoms with E-state index in [2.05, 4.69) is 10.6 Å². The molecule has 0 aliphatic carbocycles. The van der Waals surface area contributed by atoms with E-state index in [1.54, 1.807) is 19.1 Å². The van der Waals surface area contributed by atoms with Gasteiger partial charge < -0.3 is 29.7 Å². The van der Waals surface area contributed by atoms with Gasteiger partial charge in [-0.3, -0.25) is 4.79 Å². The van der Waals surface area contributed by atoms with Crippen LogP contribution < -0.4 is 20.1 Å². The zero-order valence-corrected chi connectivity index (χ0v) is 20.4. The number of methoxy groups -OCH3 is 2. The van der Waals surface area contributed by atoms with Crippen molar-refractivity contribution in [3.8, 4) is 11.5 Å². The minimum Gasteiger partial charge on any atom is -0.493 e. The number of urea groups is 1. The summed E-state index contributed by atoms with van der Waals surface area (Å²) < 4.78 is 16.2. The van der Waals surface area contributed by atoms with Crippen LogP contribution >= 0.6 is 0 Å². The number of piperidine rings is 1. The molecule has 1 heterocycles. The molecule has 0 radical (unpaired) electrons. The molecule has 0 spiro atoms. The summed E-state index contributed by atoms with van der Waals surface area (Å²) in [5.41, 5.74) is 2.75. The number of carbonyl (C=O) groups is 2. The van der Waals surface area contributed by atoms with Gasteiger partial charge in [-0.05, 0) is 62.1 Å². The summed E-state index contributed by atoms with van der Waals surface area (Å²) in [5, 5.41) is 6.03. The summed E-state index contributed by atoms with van der Waals surface area (Å²) in [6.07, 6.45) is 1.54. The predicted molar refractivity (Wildman–Crippen MR) is 131 cm³/mol. The highest BCUT2D eigenvalue weighted by Crippen LogP contribution is 2.30. The molecule has 0 bridgehead atoms. The summed E-state index contributed by atoms with van der Waals surface area (Å²) in [4.78, 5) is 27.5. The molecule has 1 saturated heterocycles. The lowest BCUT2D eigenvalue weighted by Crippen LogP contribution is -2.47. The standard InChI is InChI=1S/C26H35N3O5/c1-18-7-5-9-22(15-18)28-26(31)29-12-6-8-21(17-29)25(30)27-19(2)20-10-11-23(24(16-20)33-4)34-14-13-32-3/h5,7,9-11,15-16,19,21H,6,8,12-14,17H2,1-4H3,(H,27,30)(H,28,31). The van der Waals surface area contributed by atoms with E-state index in [1.807, 2.05) is 56.3 Å². The van der Waals surface area contributed by atoms with Crippen molar-refractivity contribution in [2.24, 2.45) is 5.92 Å². The van der Waals surface area contributed by atoms with E-state index in [0.29, 0.717) is 37.8 Å². The van der Waals surface area contributed by atoms with Crippen LogP contribution in [0, 0.1) is 12.8 Å². The van der Waals surface area contributed by atoms with Crippen LogP contribution in [-0.2, 0) is 9.53 Å². The molecule has 3 rings (SSSR count). The van der Waals surface area contributed by atoms with E-state index in [4.69, 9.17) is 14.2 Å². The molecule has 2 N–H and O–H groups in total. The van der Waals surface area contributed by atoms with Gasteiger partial charge in [0.2, 0.25) is 5.91 Å². The topological polar surface area (TPSA) is 89.1 Å². The molecule has 184 valence electrons. The molecule has 2 unspecified atom stereocenters. The fraction of sp³-hybridized carbons (Fsp3) is 0.462. The van der Waals surface area contributed by atoms with Crippen LogP contribution in [0.1, 0.15) is 36.9 Å². The number of aryl methyl sites for hydroxylation is 1. The van der Waals surface area contributed by atoms with Gasteiger partial charge in [-0.15, -0.1) is 0 Å². The molecule has 8 heteroatoms. The molecular weight excluding hydrogens is 434 g/mol. The summed E-state index contributed by atoms with van der Waals surface area (Å²) in [5.74, 6) is 0.925. The number of carbonyl (C=O) groups excluding carboxylic acids is 2. The first-order chi connectivity index (χ1) is 16.4. The van der Waals surface area contributed by atoms with Crippen molar-refractivity contribution in [1.29, 1.82) is 0 Å². The Morgan fingerprint density at radius 3 is 2.68 bits per heavy atom. The first kappa shape index (κ1) is 25.4. The molecule has 1 aliphatic rings. The maximum atomic E-state index is 13.0. The maximum Gasteiger partial charge on any atom is 0.321 e. The predicted octanol–water partition coefficient (Wildman–Crippen LogP) is 4.15. The lowest BCUT2D eigenvalue weighted by atomic mass is 9.96. The van der Waals surface area contributed by atoms with Crippen molar-refractivity contribution >= 4 is 17.6 Å².